The van der Waals surface area contributed by atoms with Crippen LogP contribution in [0.1, 0.15) is 5.69 Å². The van der Waals surface area contributed by atoms with E-state index < -0.39 is 0 Å². The molecule has 0 aliphatic heterocycles. The zero-order valence-corrected chi connectivity index (χ0v) is 11.3. The van der Waals surface area contributed by atoms with Crippen LogP contribution in [0.2, 0.25) is 0 Å². The minimum atomic E-state index is -0.319. The van der Waals surface area contributed by atoms with Crippen molar-refractivity contribution in [2.75, 3.05) is 5.32 Å². The third-order valence-corrected chi connectivity index (χ3v) is 3.03. The van der Waals surface area contributed by atoms with Gasteiger partial charge in [0.05, 0.1) is 17.2 Å². The van der Waals surface area contributed by atoms with Crippen LogP contribution in [0.3, 0.4) is 0 Å². The monoisotopic (exact) mass is 283 g/mol. The molecule has 0 fully saturated rings. The summed E-state index contributed by atoms with van der Waals surface area (Å²) < 4.78 is 1.39. The lowest BCUT2D eigenvalue weighted by Crippen LogP contribution is -2.28. The number of aromatic amines is 1. The number of amides is 1. The van der Waals surface area contributed by atoms with Gasteiger partial charge in [-0.2, -0.15) is 5.10 Å². The van der Waals surface area contributed by atoms with Gasteiger partial charge in [-0.25, -0.2) is 4.98 Å². The van der Waals surface area contributed by atoms with Crippen LogP contribution in [0, 0.1) is 6.92 Å². The molecule has 0 aliphatic carbocycles. The summed E-state index contributed by atoms with van der Waals surface area (Å²) in [5, 5.41) is 9.30. The SMILES string of the molecule is Cc1cc(NC(=O)Cn2c(=O)cnc3ccccc32)n[nH]1. The number of anilines is 1. The Kier molecular flexibility index (Phi) is 3.23. The van der Waals surface area contributed by atoms with Crippen molar-refractivity contribution in [2.45, 2.75) is 13.5 Å². The Hall–Kier alpha value is -2.96. The van der Waals surface area contributed by atoms with Crippen molar-refractivity contribution < 1.29 is 4.79 Å². The van der Waals surface area contributed by atoms with E-state index in [1.807, 2.05) is 13.0 Å². The number of H-pyrrole nitrogens is 1. The first kappa shape index (κ1) is 13.0. The van der Waals surface area contributed by atoms with E-state index in [2.05, 4.69) is 20.5 Å². The van der Waals surface area contributed by atoms with Gasteiger partial charge in [0, 0.05) is 11.8 Å². The Morgan fingerprint density at radius 2 is 2.19 bits per heavy atom. The molecule has 0 unspecified atom stereocenters. The molecule has 2 N–H and O–H groups in total. The predicted octanol–water partition coefficient (Wildman–Crippen LogP) is 1.07. The Bertz CT molecular complexity index is 865. The first-order valence-corrected chi connectivity index (χ1v) is 6.40. The molecule has 0 spiro atoms. The number of fused-ring (bicyclic) bond motifs is 1. The van der Waals surface area contributed by atoms with Crippen LogP contribution in [0.5, 0.6) is 0 Å². The Morgan fingerprint density at radius 1 is 1.38 bits per heavy atom. The van der Waals surface area contributed by atoms with Crippen LogP contribution in [0.25, 0.3) is 11.0 Å². The van der Waals surface area contributed by atoms with E-state index in [1.165, 1.54) is 10.8 Å². The number of benzene rings is 1. The Morgan fingerprint density at radius 3 is 2.95 bits per heavy atom. The minimum Gasteiger partial charge on any atom is -0.308 e. The number of para-hydroxylation sites is 2. The molecule has 2 heterocycles. The largest absolute Gasteiger partial charge is 0.308 e. The lowest BCUT2D eigenvalue weighted by molar-refractivity contribution is -0.116. The summed E-state index contributed by atoms with van der Waals surface area (Å²) in [5.74, 6) is 0.115. The number of nitrogens with zero attached hydrogens (tertiary/aromatic N) is 3. The molecule has 21 heavy (non-hydrogen) atoms. The molecule has 0 aliphatic rings. The summed E-state index contributed by atoms with van der Waals surface area (Å²) in [6.45, 7) is 1.75. The molecule has 2 aromatic heterocycles. The molecule has 3 aromatic rings. The lowest BCUT2D eigenvalue weighted by atomic mass is 10.3. The first-order chi connectivity index (χ1) is 10.1. The fourth-order valence-corrected chi connectivity index (χ4v) is 2.09. The summed E-state index contributed by atoms with van der Waals surface area (Å²) >= 11 is 0. The fraction of sp³-hybridized carbons (Fsp3) is 0.143. The van der Waals surface area contributed by atoms with Crippen molar-refractivity contribution in [3.05, 3.63) is 52.6 Å². The van der Waals surface area contributed by atoms with Gasteiger partial charge in [0.2, 0.25) is 5.91 Å². The van der Waals surface area contributed by atoms with E-state index >= 15 is 0 Å². The summed E-state index contributed by atoms with van der Waals surface area (Å²) in [5.41, 5.74) is 1.82. The quantitative estimate of drug-likeness (QED) is 0.752. The van der Waals surface area contributed by atoms with Gasteiger partial charge in [0.15, 0.2) is 5.82 Å². The Labute approximate surface area is 119 Å². The van der Waals surface area contributed by atoms with Crippen molar-refractivity contribution in [1.82, 2.24) is 19.7 Å². The van der Waals surface area contributed by atoms with Gasteiger partial charge >= 0.3 is 0 Å². The average molecular weight is 283 g/mol. The lowest BCUT2D eigenvalue weighted by Gasteiger charge is -2.08. The first-order valence-electron chi connectivity index (χ1n) is 6.40. The van der Waals surface area contributed by atoms with Crippen LogP contribution >= 0.6 is 0 Å². The highest BCUT2D eigenvalue weighted by molar-refractivity contribution is 5.90. The number of hydrogen-bond acceptors (Lipinski definition) is 4. The summed E-state index contributed by atoms with van der Waals surface area (Å²) in [6.07, 6.45) is 1.22. The fourth-order valence-electron chi connectivity index (χ4n) is 2.09. The molecule has 0 radical (unpaired) electrons. The topological polar surface area (TPSA) is 92.7 Å². The maximum absolute atomic E-state index is 12.0. The van der Waals surface area contributed by atoms with Gasteiger partial charge in [-0.05, 0) is 19.1 Å². The predicted molar refractivity (Wildman–Crippen MR) is 78.0 cm³/mol. The number of nitrogens with one attached hydrogen (secondary N) is 2. The summed E-state index contributed by atoms with van der Waals surface area (Å²) in [4.78, 5) is 28.0. The van der Waals surface area contributed by atoms with E-state index in [4.69, 9.17) is 0 Å². The minimum absolute atomic E-state index is 0.0895. The number of carbonyl (C=O) groups is 1. The smallest absolute Gasteiger partial charge is 0.269 e. The van der Waals surface area contributed by atoms with Crippen LogP contribution in [-0.4, -0.2) is 25.7 Å². The maximum Gasteiger partial charge on any atom is 0.269 e. The van der Waals surface area contributed by atoms with Gasteiger partial charge in [-0.15, -0.1) is 0 Å². The van der Waals surface area contributed by atoms with Crippen LogP contribution in [-0.2, 0) is 11.3 Å². The van der Waals surface area contributed by atoms with Crippen LogP contribution in [0.15, 0.2) is 41.3 Å². The van der Waals surface area contributed by atoms with Crippen LogP contribution < -0.4 is 10.9 Å². The van der Waals surface area contributed by atoms with Crippen molar-refractivity contribution in [2.24, 2.45) is 0 Å². The van der Waals surface area contributed by atoms with Gasteiger partial charge < -0.3 is 5.32 Å². The number of aryl methyl sites for hydroxylation is 1. The van der Waals surface area contributed by atoms with E-state index in [9.17, 15) is 9.59 Å². The number of rotatable bonds is 3. The molecule has 0 bridgehead atoms. The molecule has 1 amide bonds. The van der Waals surface area contributed by atoms with Crippen molar-refractivity contribution in [1.29, 1.82) is 0 Å². The highest BCUT2D eigenvalue weighted by Gasteiger charge is 2.10. The van der Waals surface area contributed by atoms with Gasteiger partial charge in [0.25, 0.3) is 5.56 Å². The molecule has 1 aromatic carbocycles. The molecule has 7 nitrogen and oxygen atoms in total. The highest BCUT2D eigenvalue weighted by Crippen LogP contribution is 2.09. The summed E-state index contributed by atoms with van der Waals surface area (Å²) in [6, 6.07) is 8.90. The molecule has 0 saturated carbocycles. The molecule has 7 heteroatoms. The molecular formula is C14H13N5O2. The van der Waals surface area contributed by atoms with Crippen molar-refractivity contribution >= 4 is 22.8 Å². The van der Waals surface area contributed by atoms with Crippen molar-refractivity contribution in [3.63, 3.8) is 0 Å². The molecule has 3 rings (SSSR count). The second kappa shape index (κ2) is 5.20. The zero-order chi connectivity index (χ0) is 14.8. The van der Waals surface area contributed by atoms with E-state index in [1.54, 1.807) is 24.3 Å². The number of carbonyl (C=O) groups excluding carboxylic acids is 1. The summed E-state index contributed by atoms with van der Waals surface area (Å²) in [7, 11) is 0. The second-order valence-electron chi connectivity index (χ2n) is 4.66. The Balaban J connectivity index is 1.89. The van der Waals surface area contributed by atoms with Gasteiger partial charge in [-0.1, -0.05) is 12.1 Å². The number of hydrogen-bond donors (Lipinski definition) is 2. The third-order valence-electron chi connectivity index (χ3n) is 3.03. The van der Waals surface area contributed by atoms with Gasteiger partial charge in [0.1, 0.15) is 6.54 Å². The molecule has 106 valence electrons. The van der Waals surface area contributed by atoms with E-state index in [0.717, 1.165) is 5.69 Å². The van der Waals surface area contributed by atoms with E-state index in [-0.39, 0.29) is 18.0 Å². The molecule has 0 saturated heterocycles. The zero-order valence-electron chi connectivity index (χ0n) is 11.3. The molecular weight excluding hydrogens is 270 g/mol. The maximum atomic E-state index is 12.0. The molecule has 0 atom stereocenters. The van der Waals surface area contributed by atoms with Gasteiger partial charge in [-0.3, -0.25) is 19.3 Å². The standard InChI is InChI=1S/C14H13N5O2/c1-9-6-12(18-17-9)16-13(20)8-19-11-5-3-2-4-10(11)15-7-14(19)21/h2-7H,8H2,1H3,(H2,16,17,18,20). The van der Waals surface area contributed by atoms with E-state index in [0.29, 0.717) is 16.9 Å². The third kappa shape index (κ3) is 2.66. The second-order valence-corrected chi connectivity index (χ2v) is 4.66. The van der Waals surface area contributed by atoms with Crippen LogP contribution in [0.4, 0.5) is 5.82 Å². The normalized spacial score (nSPS) is 10.7. The highest BCUT2D eigenvalue weighted by atomic mass is 16.2. The average Bonchev–Trinajstić information content (AvgIpc) is 2.87. The number of aromatic nitrogens is 4. The van der Waals surface area contributed by atoms with Crippen molar-refractivity contribution in [3.8, 4) is 0 Å².